The van der Waals surface area contributed by atoms with Gasteiger partial charge in [0.05, 0.1) is 25.4 Å². The van der Waals surface area contributed by atoms with Crippen LogP contribution in [0.4, 0.5) is 0 Å². The third kappa shape index (κ3) is 61.7. The van der Waals surface area contributed by atoms with E-state index in [4.69, 9.17) is 4.74 Å². The molecule has 0 radical (unpaired) electrons. The third-order valence-electron chi connectivity index (χ3n) is 16.3. The van der Waals surface area contributed by atoms with Crippen LogP contribution in [0, 0.1) is 0 Å². The first-order valence-corrected chi connectivity index (χ1v) is 34.4. The average Bonchev–Trinajstić information content (AvgIpc) is 3.41. The molecule has 1 amide bonds. The molecule has 0 saturated carbocycles. The van der Waals surface area contributed by atoms with Gasteiger partial charge in [0.1, 0.15) is 0 Å². The Kier molecular flexibility index (Phi) is 63.9. The summed E-state index contributed by atoms with van der Waals surface area (Å²) in [6.07, 6.45) is 79.8. The number of amides is 1. The minimum atomic E-state index is -0.661. The Morgan fingerprint density at radius 3 is 0.947 bits per heavy atom. The second kappa shape index (κ2) is 65.1. The molecule has 2 unspecified atom stereocenters. The van der Waals surface area contributed by atoms with Crippen LogP contribution in [-0.4, -0.2) is 47.4 Å². The molecular weight excluding hydrogens is 923 g/mol. The van der Waals surface area contributed by atoms with Crippen LogP contribution in [0.1, 0.15) is 393 Å². The number of allylic oxidation sites excluding steroid dienone is 2. The molecule has 2 atom stereocenters. The van der Waals surface area contributed by atoms with Crippen molar-refractivity contribution in [3.8, 4) is 0 Å². The van der Waals surface area contributed by atoms with Crippen molar-refractivity contribution in [2.45, 2.75) is 405 Å². The van der Waals surface area contributed by atoms with E-state index in [0.717, 1.165) is 38.5 Å². The highest BCUT2D eigenvalue weighted by Gasteiger charge is 2.20. The summed E-state index contributed by atoms with van der Waals surface area (Å²) in [5, 5.41) is 23.2. The van der Waals surface area contributed by atoms with Gasteiger partial charge in [0.15, 0.2) is 0 Å². The number of aliphatic hydroxyl groups is 2. The quantitative estimate of drug-likeness (QED) is 0.0320. The molecular formula is C69H135NO5. The number of esters is 1. The van der Waals surface area contributed by atoms with Crippen molar-refractivity contribution >= 4 is 11.9 Å². The molecule has 6 heteroatoms. The van der Waals surface area contributed by atoms with Crippen molar-refractivity contribution in [3.63, 3.8) is 0 Å². The van der Waals surface area contributed by atoms with Gasteiger partial charge in [-0.15, -0.1) is 0 Å². The van der Waals surface area contributed by atoms with Gasteiger partial charge >= 0.3 is 5.97 Å². The Labute approximate surface area is 469 Å². The maximum Gasteiger partial charge on any atom is 0.305 e. The largest absolute Gasteiger partial charge is 0.466 e. The lowest BCUT2D eigenvalue weighted by atomic mass is 10.0. The third-order valence-corrected chi connectivity index (χ3v) is 16.3. The van der Waals surface area contributed by atoms with Gasteiger partial charge in [-0.1, -0.05) is 341 Å². The Balaban J connectivity index is 3.33. The van der Waals surface area contributed by atoms with Gasteiger partial charge in [-0.05, 0) is 51.4 Å². The molecule has 0 aromatic heterocycles. The van der Waals surface area contributed by atoms with Gasteiger partial charge in [-0.2, -0.15) is 0 Å². The summed E-state index contributed by atoms with van der Waals surface area (Å²) in [6.45, 7) is 4.98. The molecule has 0 rings (SSSR count). The number of ether oxygens (including phenoxy) is 1. The smallest absolute Gasteiger partial charge is 0.305 e. The maximum absolute atomic E-state index is 12.5. The number of aliphatic hydroxyl groups excluding tert-OH is 2. The van der Waals surface area contributed by atoms with Crippen molar-refractivity contribution < 1.29 is 24.5 Å². The predicted octanol–water partition coefficient (Wildman–Crippen LogP) is 22.0. The zero-order valence-electron chi connectivity index (χ0n) is 51.1. The fraction of sp³-hybridized carbons (Fsp3) is 0.942. The Hall–Kier alpha value is -1.40. The number of carbonyl (C=O) groups excluding carboxylic acids is 2. The summed E-state index contributed by atoms with van der Waals surface area (Å²) in [5.74, 6) is -0.00978. The fourth-order valence-corrected chi connectivity index (χ4v) is 11.1. The lowest BCUT2D eigenvalue weighted by Gasteiger charge is -2.22. The second-order valence-electron chi connectivity index (χ2n) is 23.9. The highest BCUT2D eigenvalue weighted by molar-refractivity contribution is 5.76. The number of unbranched alkanes of at least 4 members (excludes halogenated alkanes) is 52. The van der Waals surface area contributed by atoms with E-state index < -0.39 is 12.1 Å². The zero-order chi connectivity index (χ0) is 54.3. The Morgan fingerprint density at radius 2 is 0.627 bits per heavy atom. The summed E-state index contributed by atoms with van der Waals surface area (Å²) in [4.78, 5) is 24.5. The SMILES string of the molecule is CCCCCCCCCCCCCCCCCC(=O)OCCCCCCCCCCCCCC/C=C\CCCCCCCCCCCCCCCCCC(=O)NC(CO)C(O)CCCCCCCCCCCCCC. The van der Waals surface area contributed by atoms with Gasteiger partial charge < -0.3 is 20.3 Å². The van der Waals surface area contributed by atoms with Crippen LogP contribution >= 0.6 is 0 Å². The molecule has 3 N–H and O–H groups in total. The number of carbonyl (C=O) groups is 2. The van der Waals surface area contributed by atoms with Crippen LogP contribution in [0.25, 0.3) is 0 Å². The van der Waals surface area contributed by atoms with E-state index in [1.807, 2.05) is 0 Å². The van der Waals surface area contributed by atoms with Crippen molar-refractivity contribution in [3.05, 3.63) is 12.2 Å². The second-order valence-corrected chi connectivity index (χ2v) is 23.9. The van der Waals surface area contributed by atoms with E-state index in [9.17, 15) is 19.8 Å². The van der Waals surface area contributed by atoms with Crippen LogP contribution in [0.5, 0.6) is 0 Å². The van der Waals surface area contributed by atoms with Crippen molar-refractivity contribution in [2.24, 2.45) is 0 Å². The summed E-state index contributed by atoms with van der Waals surface area (Å²) >= 11 is 0. The van der Waals surface area contributed by atoms with Gasteiger partial charge in [0.25, 0.3) is 0 Å². The molecule has 0 aliphatic rings. The minimum absolute atomic E-state index is 0.0214. The van der Waals surface area contributed by atoms with E-state index in [2.05, 4.69) is 31.3 Å². The van der Waals surface area contributed by atoms with E-state index >= 15 is 0 Å². The molecule has 0 aromatic carbocycles. The fourth-order valence-electron chi connectivity index (χ4n) is 11.1. The molecule has 446 valence electrons. The lowest BCUT2D eigenvalue weighted by molar-refractivity contribution is -0.143. The number of hydrogen-bond donors (Lipinski definition) is 3. The molecule has 0 spiro atoms. The molecule has 0 aliphatic heterocycles. The van der Waals surface area contributed by atoms with E-state index in [1.165, 1.54) is 321 Å². The highest BCUT2D eigenvalue weighted by atomic mass is 16.5. The van der Waals surface area contributed by atoms with Gasteiger partial charge in [0.2, 0.25) is 5.91 Å². The monoisotopic (exact) mass is 1060 g/mol. The summed E-state index contributed by atoms with van der Waals surface area (Å²) < 4.78 is 5.50. The summed E-state index contributed by atoms with van der Waals surface area (Å²) in [6, 6.07) is -0.538. The highest BCUT2D eigenvalue weighted by Crippen LogP contribution is 2.19. The van der Waals surface area contributed by atoms with E-state index in [0.29, 0.717) is 25.9 Å². The predicted molar refractivity (Wildman–Crippen MR) is 329 cm³/mol. The van der Waals surface area contributed by atoms with Crippen LogP contribution in [0.3, 0.4) is 0 Å². The molecule has 0 bridgehead atoms. The number of rotatable bonds is 65. The van der Waals surface area contributed by atoms with Crippen molar-refractivity contribution in [1.29, 1.82) is 0 Å². The lowest BCUT2D eigenvalue weighted by Crippen LogP contribution is -2.45. The molecule has 0 aliphatic carbocycles. The van der Waals surface area contributed by atoms with Crippen LogP contribution in [-0.2, 0) is 14.3 Å². The zero-order valence-corrected chi connectivity index (χ0v) is 51.1. The first kappa shape index (κ1) is 73.6. The van der Waals surface area contributed by atoms with E-state index in [-0.39, 0.29) is 18.5 Å². The van der Waals surface area contributed by atoms with Crippen LogP contribution in [0.2, 0.25) is 0 Å². The van der Waals surface area contributed by atoms with Gasteiger partial charge in [0, 0.05) is 12.8 Å². The van der Waals surface area contributed by atoms with E-state index in [1.54, 1.807) is 0 Å². The number of nitrogens with one attached hydrogen (secondary N) is 1. The Bertz CT molecular complexity index is 1130. The molecule has 6 nitrogen and oxygen atoms in total. The first-order chi connectivity index (χ1) is 37.0. The molecule has 0 heterocycles. The van der Waals surface area contributed by atoms with Crippen LogP contribution in [0.15, 0.2) is 12.2 Å². The van der Waals surface area contributed by atoms with Crippen molar-refractivity contribution in [2.75, 3.05) is 13.2 Å². The normalized spacial score (nSPS) is 12.5. The molecule has 0 fully saturated rings. The molecule has 0 aromatic rings. The maximum atomic E-state index is 12.5. The van der Waals surface area contributed by atoms with Gasteiger partial charge in [-0.25, -0.2) is 0 Å². The average molecular weight is 1060 g/mol. The Morgan fingerprint density at radius 1 is 0.360 bits per heavy atom. The number of hydrogen-bond acceptors (Lipinski definition) is 5. The minimum Gasteiger partial charge on any atom is -0.466 e. The van der Waals surface area contributed by atoms with Crippen molar-refractivity contribution in [1.82, 2.24) is 5.32 Å². The van der Waals surface area contributed by atoms with Crippen LogP contribution < -0.4 is 5.32 Å². The molecule has 0 saturated heterocycles. The topological polar surface area (TPSA) is 95.9 Å². The molecule has 75 heavy (non-hydrogen) atoms. The first-order valence-electron chi connectivity index (χ1n) is 34.4. The van der Waals surface area contributed by atoms with Gasteiger partial charge in [-0.3, -0.25) is 9.59 Å². The summed E-state index contributed by atoms with van der Waals surface area (Å²) in [5.41, 5.74) is 0. The summed E-state index contributed by atoms with van der Waals surface area (Å²) in [7, 11) is 0. The standard InChI is InChI=1S/C69H135NO5/c1-3-5-7-9-11-13-15-17-35-39-43-47-51-55-59-63-69(74)75-64-60-56-52-48-44-40-37-34-32-30-28-26-24-22-20-18-19-21-23-25-27-29-31-33-36-38-42-46-50-54-58-62-68(73)70-66(65-71)67(72)61-57-53-49-45-41-16-14-12-10-8-6-4-2/h20,22,66-67,71-72H,3-19,21,23-65H2,1-2H3,(H,70,73)/b22-20-.